The first kappa shape index (κ1) is 14.9. The second-order valence-corrected chi connectivity index (χ2v) is 9.85. The third-order valence-corrected chi connectivity index (χ3v) is 8.37. The Bertz CT molecular complexity index is 574. The second kappa shape index (κ2) is 4.06. The molecule has 5 atom stereocenters. The Morgan fingerprint density at radius 1 is 1.09 bits per heavy atom. The van der Waals surface area contributed by atoms with Crippen LogP contribution < -0.4 is 0 Å². The highest BCUT2D eigenvalue weighted by molar-refractivity contribution is 5.97. The fourth-order valence-corrected chi connectivity index (χ4v) is 7.10. The van der Waals surface area contributed by atoms with E-state index in [-0.39, 0.29) is 22.0 Å². The van der Waals surface area contributed by atoms with Crippen LogP contribution in [0.5, 0.6) is 0 Å². The van der Waals surface area contributed by atoms with Crippen molar-refractivity contribution in [3.8, 4) is 0 Å². The van der Waals surface area contributed by atoms with Crippen LogP contribution in [0.25, 0.3) is 0 Å². The number of rotatable bonds is 0. The summed E-state index contributed by atoms with van der Waals surface area (Å²) in [6, 6.07) is 0. The minimum atomic E-state index is -0.401. The van der Waals surface area contributed by atoms with Crippen molar-refractivity contribution in [3.05, 3.63) is 11.6 Å². The molecule has 4 aliphatic rings. The van der Waals surface area contributed by atoms with Crippen LogP contribution in [0.15, 0.2) is 11.6 Å². The smallest absolute Gasteiger partial charge is 0.161 e. The fraction of sp³-hybridized carbons (Fsp3) is 0.850. The molecule has 4 rings (SSSR count). The van der Waals surface area contributed by atoms with E-state index in [0.29, 0.717) is 11.3 Å². The van der Waals surface area contributed by atoms with Gasteiger partial charge in [-0.25, -0.2) is 0 Å². The number of carbonyl (C=O) groups is 1. The molecule has 1 N–H and O–H groups in total. The van der Waals surface area contributed by atoms with Crippen molar-refractivity contribution in [2.75, 3.05) is 0 Å². The lowest BCUT2D eigenvalue weighted by atomic mass is 9.40. The summed E-state index contributed by atoms with van der Waals surface area (Å²) < 4.78 is 0. The molecule has 0 radical (unpaired) electrons. The van der Waals surface area contributed by atoms with Gasteiger partial charge in [-0.15, -0.1) is 0 Å². The molecule has 22 heavy (non-hydrogen) atoms. The standard InChI is InChI=1S/C20H30O2/c1-17(2)6-5-7-19(4)15(17)11-14(21)13-10-16(22)18(3)8-9-20(13,19)12-18/h10,14-15,21H,5-9,11-12H2,1-4H3/t14-,15+,18-,19+,20+/m1/s1. The molecule has 2 nitrogen and oxygen atoms in total. The topological polar surface area (TPSA) is 37.3 Å². The van der Waals surface area contributed by atoms with Crippen LogP contribution in [0.3, 0.4) is 0 Å². The molecule has 0 unspecified atom stereocenters. The third kappa shape index (κ3) is 1.53. The highest BCUT2D eigenvalue weighted by Gasteiger charge is 2.68. The average molecular weight is 302 g/mol. The summed E-state index contributed by atoms with van der Waals surface area (Å²) in [7, 11) is 0. The third-order valence-electron chi connectivity index (χ3n) is 8.37. The lowest BCUT2D eigenvalue weighted by molar-refractivity contribution is -0.140. The molecule has 2 heteroatoms. The lowest BCUT2D eigenvalue weighted by Gasteiger charge is -2.65. The van der Waals surface area contributed by atoms with Crippen LogP contribution in [0, 0.1) is 27.6 Å². The molecule has 0 aromatic heterocycles. The first-order valence-electron chi connectivity index (χ1n) is 9.09. The van der Waals surface area contributed by atoms with Crippen molar-refractivity contribution in [2.24, 2.45) is 27.6 Å². The summed E-state index contributed by atoms with van der Waals surface area (Å²) in [5.41, 5.74) is 1.56. The minimum Gasteiger partial charge on any atom is -0.389 e. The number of allylic oxidation sites excluding steroid dienone is 1. The predicted molar refractivity (Wildman–Crippen MR) is 87.3 cm³/mol. The Hall–Kier alpha value is -0.630. The first-order valence-corrected chi connectivity index (χ1v) is 9.09. The van der Waals surface area contributed by atoms with Gasteiger partial charge in [0.2, 0.25) is 0 Å². The number of aliphatic hydroxyl groups excluding tert-OH is 1. The Kier molecular flexibility index (Phi) is 2.76. The summed E-state index contributed by atoms with van der Waals surface area (Å²) in [4.78, 5) is 12.6. The SMILES string of the molecule is CC1(C)CCC[C@@]2(C)[C@H]1C[C@@H](O)C1=CC(=O)[C@]3(C)CC[C@]12C3. The van der Waals surface area contributed by atoms with Crippen LogP contribution >= 0.6 is 0 Å². The van der Waals surface area contributed by atoms with Crippen molar-refractivity contribution >= 4 is 5.78 Å². The molecule has 122 valence electrons. The largest absolute Gasteiger partial charge is 0.389 e. The summed E-state index contributed by atoms with van der Waals surface area (Å²) in [6.45, 7) is 9.44. The highest BCUT2D eigenvalue weighted by Crippen LogP contribution is 2.74. The van der Waals surface area contributed by atoms with Crippen LogP contribution in [0.2, 0.25) is 0 Å². The minimum absolute atomic E-state index is 0.0791. The van der Waals surface area contributed by atoms with Gasteiger partial charge in [-0.1, -0.05) is 34.1 Å². The van der Waals surface area contributed by atoms with Gasteiger partial charge in [-0.05, 0) is 66.9 Å². The summed E-state index contributed by atoms with van der Waals surface area (Å²) in [5.74, 6) is 0.836. The second-order valence-electron chi connectivity index (χ2n) is 9.85. The van der Waals surface area contributed by atoms with Crippen LogP contribution in [0.1, 0.15) is 72.6 Å². The number of hydrogen-bond acceptors (Lipinski definition) is 2. The average Bonchev–Trinajstić information content (AvgIpc) is 2.74. The molecule has 1 spiro atoms. The lowest BCUT2D eigenvalue weighted by Crippen LogP contribution is -2.59. The van der Waals surface area contributed by atoms with E-state index in [1.54, 1.807) is 0 Å². The zero-order chi connectivity index (χ0) is 16.0. The van der Waals surface area contributed by atoms with Crippen LogP contribution in [-0.2, 0) is 4.79 Å². The highest BCUT2D eigenvalue weighted by atomic mass is 16.3. The maximum Gasteiger partial charge on any atom is 0.161 e. The Morgan fingerprint density at radius 2 is 1.82 bits per heavy atom. The number of ketones is 1. The molecule has 4 aliphatic carbocycles. The first-order chi connectivity index (χ1) is 10.1. The maximum absolute atomic E-state index is 12.6. The molecule has 3 saturated carbocycles. The van der Waals surface area contributed by atoms with Gasteiger partial charge in [-0.2, -0.15) is 0 Å². The van der Waals surface area contributed by atoms with Gasteiger partial charge in [0.25, 0.3) is 0 Å². The van der Waals surface area contributed by atoms with Crippen LogP contribution in [-0.4, -0.2) is 17.0 Å². The predicted octanol–water partition coefficient (Wildman–Crippen LogP) is 4.27. The Morgan fingerprint density at radius 3 is 2.55 bits per heavy atom. The van der Waals surface area contributed by atoms with Gasteiger partial charge >= 0.3 is 0 Å². The molecular weight excluding hydrogens is 272 g/mol. The molecular formula is C20H30O2. The monoisotopic (exact) mass is 302 g/mol. The van der Waals surface area contributed by atoms with Crippen molar-refractivity contribution in [2.45, 2.75) is 78.7 Å². The Balaban J connectivity index is 1.91. The van der Waals surface area contributed by atoms with E-state index < -0.39 is 6.10 Å². The fourth-order valence-electron chi connectivity index (χ4n) is 7.10. The summed E-state index contributed by atoms with van der Waals surface area (Å²) >= 11 is 0. The van der Waals surface area contributed by atoms with Crippen LogP contribution in [0.4, 0.5) is 0 Å². The van der Waals surface area contributed by atoms with E-state index in [1.165, 1.54) is 19.3 Å². The molecule has 2 bridgehead atoms. The van der Waals surface area contributed by atoms with Crippen molar-refractivity contribution in [1.29, 1.82) is 0 Å². The molecule has 0 saturated heterocycles. The van der Waals surface area contributed by atoms with Gasteiger partial charge in [0, 0.05) is 10.8 Å². The van der Waals surface area contributed by atoms with Crippen molar-refractivity contribution < 1.29 is 9.90 Å². The number of hydrogen-bond donors (Lipinski definition) is 1. The van der Waals surface area contributed by atoms with E-state index in [1.807, 2.05) is 6.08 Å². The molecule has 3 fully saturated rings. The Labute approximate surface area is 134 Å². The van der Waals surface area contributed by atoms with Gasteiger partial charge in [0.1, 0.15) is 0 Å². The number of aliphatic hydroxyl groups is 1. The van der Waals surface area contributed by atoms with Crippen molar-refractivity contribution in [3.63, 3.8) is 0 Å². The van der Waals surface area contributed by atoms with E-state index in [9.17, 15) is 9.90 Å². The number of carbonyl (C=O) groups excluding carboxylic acids is 1. The van der Waals surface area contributed by atoms with E-state index in [0.717, 1.165) is 31.3 Å². The van der Waals surface area contributed by atoms with Gasteiger partial charge in [0.15, 0.2) is 5.78 Å². The molecule has 0 aromatic rings. The molecule has 0 amide bonds. The molecule has 0 aliphatic heterocycles. The van der Waals surface area contributed by atoms with Gasteiger partial charge in [0.05, 0.1) is 6.10 Å². The molecule has 0 heterocycles. The van der Waals surface area contributed by atoms with E-state index in [2.05, 4.69) is 27.7 Å². The summed E-state index contributed by atoms with van der Waals surface area (Å²) in [5, 5.41) is 10.9. The van der Waals surface area contributed by atoms with Gasteiger partial charge < -0.3 is 5.11 Å². The van der Waals surface area contributed by atoms with E-state index in [4.69, 9.17) is 0 Å². The van der Waals surface area contributed by atoms with E-state index >= 15 is 0 Å². The zero-order valence-electron chi connectivity index (χ0n) is 14.5. The summed E-state index contributed by atoms with van der Waals surface area (Å²) in [6.07, 6.45) is 9.21. The number of fused-ring (bicyclic) bond motifs is 2. The van der Waals surface area contributed by atoms with Gasteiger partial charge in [-0.3, -0.25) is 4.79 Å². The maximum atomic E-state index is 12.6. The molecule has 0 aromatic carbocycles. The normalized spacial score (nSPS) is 52.8. The van der Waals surface area contributed by atoms with Crippen molar-refractivity contribution in [1.82, 2.24) is 0 Å². The quantitative estimate of drug-likeness (QED) is 0.725. The zero-order valence-corrected chi connectivity index (χ0v) is 14.5.